The van der Waals surface area contributed by atoms with Crippen molar-refractivity contribution in [2.75, 3.05) is 31.5 Å². The van der Waals surface area contributed by atoms with E-state index < -0.39 is 5.60 Å². The zero-order valence-corrected chi connectivity index (χ0v) is 15.6. The van der Waals surface area contributed by atoms with Crippen LogP contribution in [0.2, 0.25) is 0 Å². The molecule has 1 aliphatic rings. The summed E-state index contributed by atoms with van der Waals surface area (Å²) in [5.74, 6) is -0.310. The van der Waals surface area contributed by atoms with Crippen LogP contribution in [0.1, 0.15) is 32.8 Å². The number of amides is 2. The van der Waals surface area contributed by atoms with Gasteiger partial charge in [0, 0.05) is 38.4 Å². The molecule has 1 aliphatic heterocycles. The molecule has 0 unspecified atom stereocenters. The number of carbonyl (C=O) groups is 2. The van der Waals surface area contributed by atoms with Gasteiger partial charge in [0.1, 0.15) is 12.0 Å². The zero-order valence-electron chi connectivity index (χ0n) is 15.6. The molecule has 2 amide bonds. The molecule has 2 rings (SSSR count). The van der Waals surface area contributed by atoms with Crippen LogP contribution < -0.4 is 5.32 Å². The van der Waals surface area contributed by atoms with E-state index in [4.69, 9.17) is 10.00 Å². The van der Waals surface area contributed by atoms with Crippen molar-refractivity contribution in [3.8, 4) is 6.07 Å². The van der Waals surface area contributed by atoms with Crippen molar-refractivity contribution in [2.45, 2.75) is 39.3 Å². The summed E-state index contributed by atoms with van der Waals surface area (Å²) >= 11 is 0. The van der Waals surface area contributed by atoms with Crippen LogP contribution in [0.5, 0.6) is 0 Å². The second-order valence-corrected chi connectivity index (χ2v) is 7.33. The van der Waals surface area contributed by atoms with Crippen LogP contribution in [0.4, 0.5) is 10.5 Å². The SMILES string of the molecule is CC(C)(C)OC(=O)N1CCN(Cc2cccc(NC(=O)CC#N)c2)CC1. The summed E-state index contributed by atoms with van der Waals surface area (Å²) in [7, 11) is 0. The molecule has 1 saturated heterocycles. The van der Waals surface area contributed by atoms with Gasteiger partial charge in [0.15, 0.2) is 0 Å². The number of carbonyl (C=O) groups excluding carboxylic acids is 2. The number of ether oxygens (including phenoxy) is 1. The maximum Gasteiger partial charge on any atom is 0.410 e. The van der Waals surface area contributed by atoms with E-state index in [1.165, 1.54) is 0 Å². The highest BCUT2D eigenvalue weighted by Crippen LogP contribution is 2.16. The molecule has 140 valence electrons. The van der Waals surface area contributed by atoms with E-state index >= 15 is 0 Å². The lowest BCUT2D eigenvalue weighted by atomic mass is 10.1. The Labute approximate surface area is 154 Å². The standard InChI is InChI=1S/C19H26N4O3/c1-19(2,3)26-18(25)23-11-9-22(10-12-23)14-15-5-4-6-16(13-15)21-17(24)7-8-20/h4-6,13H,7,9-12,14H2,1-3H3,(H,21,24). The van der Waals surface area contributed by atoms with Crippen LogP contribution in [-0.4, -0.2) is 53.6 Å². The van der Waals surface area contributed by atoms with E-state index in [2.05, 4.69) is 10.2 Å². The molecule has 0 radical (unpaired) electrons. The molecule has 7 heteroatoms. The molecule has 0 spiro atoms. The quantitative estimate of drug-likeness (QED) is 0.894. The van der Waals surface area contributed by atoms with E-state index in [0.717, 1.165) is 25.2 Å². The summed E-state index contributed by atoms with van der Waals surface area (Å²) in [5, 5.41) is 11.3. The highest BCUT2D eigenvalue weighted by atomic mass is 16.6. The topological polar surface area (TPSA) is 85.7 Å². The molecular weight excluding hydrogens is 332 g/mol. The predicted molar refractivity (Wildman–Crippen MR) is 98.4 cm³/mol. The van der Waals surface area contributed by atoms with Gasteiger partial charge in [-0.3, -0.25) is 9.69 Å². The number of hydrogen-bond donors (Lipinski definition) is 1. The fourth-order valence-corrected chi connectivity index (χ4v) is 2.70. The van der Waals surface area contributed by atoms with Crippen LogP contribution in [0.3, 0.4) is 0 Å². The van der Waals surface area contributed by atoms with E-state index in [0.29, 0.717) is 18.8 Å². The molecule has 0 aromatic heterocycles. The van der Waals surface area contributed by atoms with E-state index in [1.54, 1.807) is 11.0 Å². The summed E-state index contributed by atoms with van der Waals surface area (Å²) in [6.45, 7) is 9.14. The molecule has 1 N–H and O–H groups in total. The first-order valence-corrected chi connectivity index (χ1v) is 8.73. The van der Waals surface area contributed by atoms with Crippen molar-refractivity contribution in [3.63, 3.8) is 0 Å². The van der Waals surface area contributed by atoms with Gasteiger partial charge in [-0.1, -0.05) is 12.1 Å². The number of nitrogens with zero attached hydrogens (tertiary/aromatic N) is 3. The Bertz CT molecular complexity index is 683. The van der Waals surface area contributed by atoms with Gasteiger partial charge in [-0.25, -0.2) is 4.79 Å². The van der Waals surface area contributed by atoms with Crippen molar-refractivity contribution < 1.29 is 14.3 Å². The molecule has 1 aromatic rings. The third-order valence-corrected chi connectivity index (χ3v) is 3.88. The van der Waals surface area contributed by atoms with Crippen LogP contribution >= 0.6 is 0 Å². The number of hydrogen-bond acceptors (Lipinski definition) is 5. The van der Waals surface area contributed by atoms with E-state index in [1.807, 2.05) is 45.0 Å². The number of rotatable bonds is 4. The maximum atomic E-state index is 12.1. The molecular formula is C19H26N4O3. The largest absolute Gasteiger partial charge is 0.444 e. The number of piperazine rings is 1. The lowest BCUT2D eigenvalue weighted by molar-refractivity contribution is -0.115. The maximum absolute atomic E-state index is 12.1. The first-order valence-electron chi connectivity index (χ1n) is 8.73. The third kappa shape index (κ3) is 6.37. The highest BCUT2D eigenvalue weighted by molar-refractivity contribution is 5.92. The molecule has 0 saturated carbocycles. The van der Waals surface area contributed by atoms with Crippen LogP contribution in [-0.2, 0) is 16.1 Å². The summed E-state index contributed by atoms with van der Waals surface area (Å²) in [5.41, 5.74) is 1.28. The molecule has 0 atom stereocenters. The summed E-state index contributed by atoms with van der Waals surface area (Å²) in [4.78, 5) is 27.6. The third-order valence-electron chi connectivity index (χ3n) is 3.88. The number of anilines is 1. The van der Waals surface area contributed by atoms with E-state index in [9.17, 15) is 9.59 Å². The van der Waals surface area contributed by atoms with Crippen LogP contribution in [0, 0.1) is 11.3 Å². The normalized spacial score (nSPS) is 15.2. The molecule has 7 nitrogen and oxygen atoms in total. The van der Waals surface area contributed by atoms with Crippen molar-refractivity contribution >= 4 is 17.7 Å². The van der Waals surface area contributed by atoms with Gasteiger partial charge in [-0.05, 0) is 38.5 Å². The Hall–Kier alpha value is -2.59. The summed E-state index contributed by atoms with van der Waals surface area (Å²) in [6.07, 6.45) is -0.420. The Morgan fingerprint density at radius 1 is 1.23 bits per heavy atom. The first-order chi connectivity index (χ1) is 12.3. The Kier molecular flexibility index (Phi) is 6.58. The van der Waals surface area contributed by atoms with Gasteiger partial charge in [-0.15, -0.1) is 0 Å². The Morgan fingerprint density at radius 3 is 2.54 bits per heavy atom. The minimum Gasteiger partial charge on any atom is -0.444 e. The zero-order chi connectivity index (χ0) is 19.2. The minimum atomic E-state index is -0.482. The molecule has 0 bridgehead atoms. The molecule has 26 heavy (non-hydrogen) atoms. The van der Waals surface area contributed by atoms with Gasteiger partial charge in [-0.2, -0.15) is 5.26 Å². The average molecular weight is 358 g/mol. The van der Waals surface area contributed by atoms with Crippen molar-refractivity contribution in [1.82, 2.24) is 9.80 Å². The smallest absolute Gasteiger partial charge is 0.410 e. The van der Waals surface area contributed by atoms with Crippen LogP contribution in [0.15, 0.2) is 24.3 Å². The first kappa shape index (κ1) is 19.7. The van der Waals surface area contributed by atoms with Crippen molar-refractivity contribution in [1.29, 1.82) is 5.26 Å². The highest BCUT2D eigenvalue weighted by Gasteiger charge is 2.25. The molecule has 0 aliphatic carbocycles. The fourth-order valence-electron chi connectivity index (χ4n) is 2.70. The second kappa shape index (κ2) is 8.68. The molecule has 1 heterocycles. The molecule has 1 fully saturated rings. The van der Waals surface area contributed by atoms with Crippen LogP contribution in [0.25, 0.3) is 0 Å². The predicted octanol–water partition coefficient (Wildman–Crippen LogP) is 2.59. The van der Waals surface area contributed by atoms with E-state index in [-0.39, 0.29) is 18.4 Å². The summed E-state index contributed by atoms with van der Waals surface area (Å²) in [6, 6.07) is 9.43. The molecule has 1 aromatic carbocycles. The second-order valence-electron chi connectivity index (χ2n) is 7.33. The lowest BCUT2D eigenvalue weighted by Gasteiger charge is -2.35. The van der Waals surface area contributed by atoms with Gasteiger partial charge in [0.05, 0.1) is 6.07 Å². The van der Waals surface area contributed by atoms with Gasteiger partial charge in [0.25, 0.3) is 0 Å². The Morgan fingerprint density at radius 2 is 1.92 bits per heavy atom. The van der Waals surface area contributed by atoms with Gasteiger partial charge in [0.2, 0.25) is 5.91 Å². The average Bonchev–Trinajstić information content (AvgIpc) is 2.54. The number of nitrogens with one attached hydrogen (secondary N) is 1. The lowest BCUT2D eigenvalue weighted by Crippen LogP contribution is -2.49. The van der Waals surface area contributed by atoms with Gasteiger partial charge < -0.3 is 15.0 Å². The summed E-state index contributed by atoms with van der Waals surface area (Å²) < 4.78 is 5.41. The number of benzene rings is 1. The monoisotopic (exact) mass is 358 g/mol. The number of nitriles is 1. The van der Waals surface area contributed by atoms with Crippen molar-refractivity contribution in [2.24, 2.45) is 0 Å². The van der Waals surface area contributed by atoms with Gasteiger partial charge >= 0.3 is 6.09 Å². The van der Waals surface area contributed by atoms with Crippen molar-refractivity contribution in [3.05, 3.63) is 29.8 Å². The Balaban J connectivity index is 1.85. The minimum absolute atomic E-state index is 0.156. The fraction of sp³-hybridized carbons (Fsp3) is 0.526.